The number of carbonyl (C=O) groups is 2. The zero-order valence-electron chi connectivity index (χ0n) is 13.0. The van der Waals surface area contributed by atoms with Crippen molar-refractivity contribution < 1.29 is 14.7 Å². The maximum absolute atomic E-state index is 11.0. The highest BCUT2D eigenvalue weighted by atomic mass is 16.4. The predicted octanol–water partition coefficient (Wildman–Crippen LogP) is 0.173. The Hall–Kier alpha value is -3.30. The summed E-state index contributed by atoms with van der Waals surface area (Å²) in [5.41, 5.74) is 1.54. The van der Waals surface area contributed by atoms with E-state index in [4.69, 9.17) is 5.11 Å². The van der Waals surface area contributed by atoms with Gasteiger partial charge in [0, 0.05) is 32.1 Å². The molecule has 0 unspecified atom stereocenters. The molecule has 0 radical (unpaired) electrons. The Morgan fingerprint density at radius 3 is 2.29 bits per heavy atom. The highest BCUT2D eigenvalue weighted by molar-refractivity contribution is 5.73. The van der Waals surface area contributed by atoms with Gasteiger partial charge < -0.3 is 21.1 Å². The van der Waals surface area contributed by atoms with Crippen LogP contribution in [0.2, 0.25) is 0 Å². The van der Waals surface area contributed by atoms with Crippen LogP contribution in [-0.4, -0.2) is 51.2 Å². The first-order valence-corrected chi connectivity index (χ1v) is 7.16. The summed E-state index contributed by atoms with van der Waals surface area (Å²) in [6, 6.07) is 6.81. The molecule has 0 saturated carbocycles. The molecule has 2 aromatic rings. The maximum atomic E-state index is 11.0. The topological polar surface area (TPSA) is 142 Å². The molecule has 0 aliphatic carbocycles. The van der Waals surface area contributed by atoms with Crippen LogP contribution in [0, 0.1) is 0 Å². The van der Waals surface area contributed by atoms with Gasteiger partial charge in [-0.05, 0) is 5.56 Å². The van der Waals surface area contributed by atoms with E-state index in [1.165, 1.54) is 7.05 Å². The number of carboxylic acid groups (broad SMARTS) is 1. The Balaban J connectivity index is 1.92. The fourth-order valence-corrected chi connectivity index (χ4v) is 1.79. The molecule has 4 N–H and O–H groups in total. The lowest BCUT2D eigenvalue weighted by Crippen LogP contribution is -2.34. The number of urea groups is 1. The molecule has 0 bridgehead atoms. The van der Waals surface area contributed by atoms with Gasteiger partial charge in [-0.3, -0.25) is 0 Å². The Kier molecular flexibility index (Phi) is 5.95. The van der Waals surface area contributed by atoms with E-state index in [2.05, 4.69) is 36.3 Å². The second-order valence-electron chi connectivity index (χ2n) is 4.75. The van der Waals surface area contributed by atoms with Crippen molar-refractivity contribution in [1.29, 1.82) is 0 Å². The molecule has 0 spiro atoms. The number of benzene rings is 1. The lowest BCUT2D eigenvalue weighted by atomic mass is 10.1. The molecule has 1 aromatic heterocycles. The van der Waals surface area contributed by atoms with Gasteiger partial charge in [-0.2, -0.15) is 0 Å². The third kappa shape index (κ3) is 5.16. The SMILES string of the molecule is CNC(=O)NCCc1nnc(-c2ccc(CNC(=O)O)cc2)nn1. The van der Waals surface area contributed by atoms with E-state index in [9.17, 15) is 9.59 Å². The molecule has 0 saturated heterocycles. The first-order chi connectivity index (χ1) is 11.6. The second-order valence-corrected chi connectivity index (χ2v) is 4.75. The van der Waals surface area contributed by atoms with Gasteiger partial charge in [-0.15, -0.1) is 20.4 Å². The van der Waals surface area contributed by atoms with Gasteiger partial charge in [0.2, 0.25) is 5.82 Å². The normalized spacial score (nSPS) is 10.0. The summed E-state index contributed by atoms with van der Waals surface area (Å²) in [6.45, 7) is 0.609. The zero-order chi connectivity index (χ0) is 17.4. The molecule has 1 heterocycles. The summed E-state index contributed by atoms with van der Waals surface area (Å²) in [5.74, 6) is 0.799. The van der Waals surface area contributed by atoms with Crippen molar-refractivity contribution in [3.63, 3.8) is 0 Å². The Bertz CT molecular complexity index is 689. The minimum atomic E-state index is -1.07. The number of carbonyl (C=O) groups excluding carboxylic acids is 1. The summed E-state index contributed by atoms with van der Waals surface area (Å²) in [6.07, 6.45) is -0.648. The highest BCUT2D eigenvalue weighted by Crippen LogP contribution is 2.14. The van der Waals surface area contributed by atoms with E-state index in [-0.39, 0.29) is 12.6 Å². The van der Waals surface area contributed by atoms with Gasteiger partial charge >= 0.3 is 12.1 Å². The van der Waals surface area contributed by atoms with Crippen LogP contribution in [0.5, 0.6) is 0 Å². The molecule has 0 fully saturated rings. The molecular weight excluding hydrogens is 314 g/mol. The minimum Gasteiger partial charge on any atom is -0.465 e. The number of aromatic nitrogens is 4. The van der Waals surface area contributed by atoms with Crippen molar-refractivity contribution in [3.8, 4) is 11.4 Å². The van der Waals surface area contributed by atoms with Gasteiger partial charge in [0.25, 0.3) is 0 Å². The molecule has 3 amide bonds. The molecular formula is C14H17N7O3. The standard InChI is InChI=1S/C14H17N7O3/c1-15-13(22)16-7-6-11-18-20-12(21-19-11)10-4-2-9(3-5-10)8-17-14(23)24/h2-5,17H,6-8H2,1H3,(H,23,24)(H2,15,16,22). The molecule has 2 rings (SSSR count). The van der Waals surface area contributed by atoms with Crippen LogP contribution < -0.4 is 16.0 Å². The van der Waals surface area contributed by atoms with Crippen molar-refractivity contribution in [3.05, 3.63) is 35.7 Å². The van der Waals surface area contributed by atoms with Crippen LogP contribution in [0.1, 0.15) is 11.4 Å². The maximum Gasteiger partial charge on any atom is 0.404 e. The van der Waals surface area contributed by atoms with Crippen LogP contribution in [0.25, 0.3) is 11.4 Å². The third-order valence-electron chi connectivity index (χ3n) is 3.04. The fourth-order valence-electron chi connectivity index (χ4n) is 1.79. The van der Waals surface area contributed by atoms with Crippen molar-refractivity contribution in [1.82, 2.24) is 36.3 Å². The number of hydrogen-bond donors (Lipinski definition) is 4. The van der Waals surface area contributed by atoms with Crippen LogP contribution in [0.15, 0.2) is 24.3 Å². The van der Waals surface area contributed by atoms with Crippen LogP contribution in [0.4, 0.5) is 9.59 Å². The first-order valence-electron chi connectivity index (χ1n) is 7.16. The van der Waals surface area contributed by atoms with Gasteiger partial charge in [-0.1, -0.05) is 24.3 Å². The molecule has 126 valence electrons. The second kappa shape index (κ2) is 8.36. The monoisotopic (exact) mass is 331 g/mol. The molecule has 0 atom stereocenters. The summed E-state index contributed by atoms with van der Waals surface area (Å²) in [5, 5.41) is 31.9. The first kappa shape index (κ1) is 17.1. The van der Waals surface area contributed by atoms with E-state index in [1.54, 1.807) is 24.3 Å². The average molecular weight is 331 g/mol. The number of nitrogens with zero attached hydrogens (tertiary/aromatic N) is 4. The summed E-state index contributed by atoms with van der Waals surface area (Å²) in [7, 11) is 1.53. The lowest BCUT2D eigenvalue weighted by Gasteiger charge is -2.04. The summed E-state index contributed by atoms with van der Waals surface area (Å²) >= 11 is 0. The van der Waals surface area contributed by atoms with Crippen molar-refractivity contribution in [2.24, 2.45) is 0 Å². The van der Waals surface area contributed by atoms with Crippen LogP contribution in [-0.2, 0) is 13.0 Å². The third-order valence-corrected chi connectivity index (χ3v) is 3.04. The summed E-state index contributed by atoms with van der Waals surface area (Å²) < 4.78 is 0. The zero-order valence-corrected chi connectivity index (χ0v) is 13.0. The number of amides is 3. The lowest BCUT2D eigenvalue weighted by molar-refractivity contribution is 0.194. The number of nitrogens with one attached hydrogen (secondary N) is 3. The van der Waals surface area contributed by atoms with Gasteiger partial charge in [0.15, 0.2) is 5.82 Å². The van der Waals surface area contributed by atoms with E-state index < -0.39 is 6.09 Å². The van der Waals surface area contributed by atoms with Crippen molar-refractivity contribution in [2.75, 3.05) is 13.6 Å². The van der Waals surface area contributed by atoms with Gasteiger partial charge in [0.1, 0.15) is 0 Å². The van der Waals surface area contributed by atoms with Crippen LogP contribution in [0.3, 0.4) is 0 Å². The number of hydrogen-bond acceptors (Lipinski definition) is 6. The molecule has 24 heavy (non-hydrogen) atoms. The quantitative estimate of drug-likeness (QED) is 0.591. The van der Waals surface area contributed by atoms with E-state index in [1.807, 2.05) is 0 Å². The van der Waals surface area contributed by atoms with Gasteiger partial charge in [0.05, 0.1) is 0 Å². The molecule has 10 heteroatoms. The molecule has 0 aliphatic heterocycles. The fraction of sp³-hybridized carbons (Fsp3) is 0.286. The Morgan fingerprint density at radius 1 is 1.04 bits per heavy atom. The predicted molar refractivity (Wildman–Crippen MR) is 84.1 cm³/mol. The van der Waals surface area contributed by atoms with Crippen molar-refractivity contribution >= 4 is 12.1 Å². The van der Waals surface area contributed by atoms with E-state index >= 15 is 0 Å². The van der Waals surface area contributed by atoms with E-state index in [0.29, 0.717) is 24.6 Å². The average Bonchev–Trinajstić information content (AvgIpc) is 2.61. The summed E-state index contributed by atoms with van der Waals surface area (Å²) in [4.78, 5) is 21.5. The van der Waals surface area contributed by atoms with Crippen molar-refractivity contribution in [2.45, 2.75) is 13.0 Å². The minimum absolute atomic E-state index is 0.226. The molecule has 0 aliphatic rings. The molecule has 10 nitrogen and oxygen atoms in total. The smallest absolute Gasteiger partial charge is 0.404 e. The highest BCUT2D eigenvalue weighted by Gasteiger charge is 2.06. The Labute approximate surface area is 137 Å². The number of rotatable bonds is 6. The Morgan fingerprint density at radius 2 is 1.71 bits per heavy atom. The van der Waals surface area contributed by atoms with E-state index in [0.717, 1.165) is 11.1 Å². The van der Waals surface area contributed by atoms with Gasteiger partial charge in [-0.25, -0.2) is 9.59 Å². The molecule has 1 aromatic carbocycles. The van der Waals surface area contributed by atoms with Crippen LogP contribution >= 0.6 is 0 Å². The largest absolute Gasteiger partial charge is 0.465 e.